The average Bonchev–Trinajstić information content (AvgIpc) is 3.29. The standard InChI is InChI=1S/C13H14F5NO5/c1-23-8(20)5-7(19-6-3-4-6)9(11(22)24-2)10(21)12(14,15)13(16,17)18/h6,9H,3-5H2,1-2H3. The van der Waals surface area contributed by atoms with E-state index in [1.54, 1.807) is 0 Å². The highest BCUT2D eigenvalue weighted by Crippen LogP contribution is 2.39. The Balaban J connectivity index is 3.29. The van der Waals surface area contributed by atoms with Crippen LogP contribution in [0.2, 0.25) is 0 Å². The summed E-state index contributed by atoms with van der Waals surface area (Å²) in [6.45, 7) is 0. The fourth-order valence-corrected chi connectivity index (χ4v) is 1.71. The molecule has 1 rings (SSSR count). The summed E-state index contributed by atoms with van der Waals surface area (Å²) < 4.78 is 72.4. The lowest BCUT2D eigenvalue weighted by Gasteiger charge is -2.23. The first-order chi connectivity index (χ1) is 11.0. The Kier molecular flexibility index (Phi) is 6.01. The predicted octanol–water partition coefficient (Wildman–Crippen LogP) is 1.71. The third kappa shape index (κ3) is 4.48. The van der Waals surface area contributed by atoms with Gasteiger partial charge in [-0.3, -0.25) is 19.4 Å². The fourth-order valence-electron chi connectivity index (χ4n) is 1.71. The SMILES string of the molecule is COC(=O)CC(=NC1CC1)C(C(=O)OC)C(=O)C(F)(F)C(F)(F)F. The van der Waals surface area contributed by atoms with E-state index in [4.69, 9.17) is 0 Å². The van der Waals surface area contributed by atoms with Crippen LogP contribution in [0.25, 0.3) is 0 Å². The Morgan fingerprint density at radius 1 is 1.08 bits per heavy atom. The summed E-state index contributed by atoms with van der Waals surface area (Å²) in [4.78, 5) is 38.5. The predicted molar refractivity (Wildman–Crippen MR) is 68.6 cm³/mol. The van der Waals surface area contributed by atoms with Gasteiger partial charge in [-0.2, -0.15) is 22.0 Å². The van der Waals surface area contributed by atoms with E-state index in [0.29, 0.717) is 20.0 Å². The minimum atomic E-state index is -6.20. The van der Waals surface area contributed by atoms with Gasteiger partial charge in [-0.25, -0.2) is 0 Å². The van der Waals surface area contributed by atoms with Gasteiger partial charge in [0.05, 0.1) is 26.7 Å². The fraction of sp³-hybridized carbons (Fsp3) is 0.692. The molecule has 24 heavy (non-hydrogen) atoms. The Morgan fingerprint density at radius 2 is 1.62 bits per heavy atom. The number of aliphatic imine (C=N–C) groups is 1. The highest BCUT2D eigenvalue weighted by Gasteiger charge is 2.66. The van der Waals surface area contributed by atoms with Crippen LogP contribution < -0.4 is 0 Å². The lowest BCUT2D eigenvalue weighted by atomic mass is 9.91. The molecule has 1 atom stereocenters. The Morgan fingerprint density at radius 3 is 2.00 bits per heavy atom. The van der Waals surface area contributed by atoms with Crippen LogP contribution in [0.15, 0.2) is 4.99 Å². The van der Waals surface area contributed by atoms with E-state index in [-0.39, 0.29) is 0 Å². The highest BCUT2D eigenvalue weighted by atomic mass is 19.4. The molecule has 0 aromatic heterocycles. The zero-order valence-corrected chi connectivity index (χ0v) is 12.7. The molecule has 1 fully saturated rings. The van der Waals surface area contributed by atoms with Crippen LogP contribution in [-0.2, 0) is 23.9 Å². The minimum Gasteiger partial charge on any atom is -0.469 e. The summed E-state index contributed by atoms with van der Waals surface area (Å²) in [5.74, 6) is -13.9. The van der Waals surface area contributed by atoms with Crippen LogP contribution in [0, 0.1) is 5.92 Å². The number of hydrogen-bond acceptors (Lipinski definition) is 6. The molecule has 1 unspecified atom stereocenters. The first-order valence-electron chi connectivity index (χ1n) is 6.65. The zero-order valence-electron chi connectivity index (χ0n) is 12.7. The van der Waals surface area contributed by atoms with Crippen LogP contribution in [-0.4, -0.2) is 55.8 Å². The molecular weight excluding hydrogens is 345 g/mol. The maximum atomic E-state index is 13.4. The smallest absolute Gasteiger partial charge is 0.461 e. The van der Waals surface area contributed by atoms with E-state index >= 15 is 0 Å². The number of halogens is 5. The van der Waals surface area contributed by atoms with Gasteiger partial charge >= 0.3 is 24.0 Å². The van der Waals surface area contributed by atoms with Gasteiger partial charge in [0.25, 0.3) is 0 Å². The second-order valence-corrected chi connectivity index (χ2v) is 5.00. The van der Waals surface area contributed by atoms with Crippen molar-refractivity contribution in [2.45, 2.75) is 37.4 Å². The second-order valence-electron chi connectivity index (χ2n) is 5.00. The van der Waals surface area contributed by atoms with E-state index in [1.165, 1.54) is 0 Å². The summed E-state index contributed by atoms with van der Waals surface area (Å²) in [7, 11) is 1.65. The Labute approximate surface area is 133 Å². The summed E-state index contributed by atoms with van der Waals surface area (Å²) in [6, 6.07) is -0.455. The topological polar surface area (TPSA) is 82.0 Å². The molecule has 11 heteroatoms. The summed E-state index contributed by atoms with van der Waals surface area (Å²) in [5.41, 5.74) is -0.731. The molecule has 0 amide bonds. The third-order valence-corrected chi connectivity index (χ3v) is 3.15. The van der Waals surface area contributed by atoms with Crippen molar-refractivity contribution in [3.8, 4) is 0 Å². The molecule has 0 saturated heterocycles. The van der Waals surface area contributed by atoms with Crippen molar-refractivity contribution >= 4 is 23.4 Å². The number of alkyl halides is 5. The molecule has 136 valence electrons. The van der Waals surface area contributed by atoms with Crippen LogP contribution in [0.1, 0.15) is 19.3 Å². The van der Waals surface area contributed by atoms with E-state index in [2.05, 4.69) is 14.5 Å². The van der Waals surface area contributed by atoms with E-state index in [1.807, 2.05) is 0 Å². The number of rotatable bonds is 7. The monoisotopic (exact) mass is 359 g/mol. The Bertz CT molecular complexity index is 553. The number of nitrogens with zero attached hydrogens (tertiary/aromatic N) is 1. The molecule has 0 N–H and O–H groups in total. The number of ether oxygens (including phenoxy) is 2. The number of ketones is 1. The van der Waals surface area contributed by atoms with Crippen LogP contribution >= 0.6 is 0 Å². The first-order valence-corrected chi connectivity index (χ1v) is 6.65. The van der Waals surface area contributed by atoms with Crippen LogP contribution in [0.3, 0.4) is 0 Å². The van der Waals surface area contributed by atoms with Gasteiger partial charge in [-0.1, -0.05) is 0 Å². The third-order valence-electron chi connectivity index (χ3n) is 3.15. The molecule has 0 heterocycles. The molecule has 0 aliphatic heterocycles. The zero-order chi connectivity index (χ0) is 18.7. The van der Waals surface area contributed by atoms with Gasteiger partial charge < -0.3 is 9.47 Å². The molecule has 0 aromatic carbocycles. The maximum Gasteiger partial charge on any atom is 0.461 e. The van der Waals surface area contributed by atoms with Gasteiger partial charge in [0.15, 0.2) is 5.92 Å². The normalized spacial score (nSPS) is 17.2. The molecular formula is C13H14F5NO5. The van der Waals surface area contributed by atoms with Crippen LogP contribution in [0.4, 0.5) is 22.0 Å². The molecule has 1 saturated carbocycles. The molecule has 0 aromatic rings. The van der Waals surface area contributed by atoms with E-state index in [0.717, 1.165) is 7.11 Å². The van der Waals surface area contributed by atoms with Crippen molar-refractivity contribution in [3.05, 3.63) is 0 Å². The summed E-state index contributed by atoms with van der Waals surface area (Å²) >= 11 is 0. The van der Waals surface area contributed by atoms with Crippen molar-refractivity contribution < 1.29 is 45.8 Å². The first kappa shape index (κ1) is 20.0. The largest absolute Gasteiger partial charge is 0.469 e. The lowest BCUT2D eigenvalue weighted by molar-refractivity contribution is -0.269. The van der Waals surface area contributed by atoms with Crippen molar-refractivity contribution in [2.75, 3.05) is 14.2 Å². The van der Waals surface area contributed by atoms with Crippen LogP contribution in [0.5, 0.6) is 0 Å². The number of hydrogen-bond donors (Lipinski definition) is 0. The quantitative estimate of drug-likeness (QED) is 0.299. The number of carbonyl (C=O) groups is 3. The number of esters is 2. The average molecular weight is 359 g/mol. The highest BCUT2D eigenvalue weighted by molar-refractivity contribution is 6.23. The van der Waals surface area contributed by atoms with Gasteiger partial charge in [-0.05, 0) is 12.8 Å². The second kappa shape index (κ2) is 7.22. The maximum absolute atomic E-state index is 13.4. The molecule has 0 radical (unpaired) electrons. The van der Waals surface area contributed by atoms with Crippen molar-refractivity contribution in [1.82, 2.24) is 0 Å². The van der Waals surface area contributed by atoms with Gasteiger partial charge in [0.1, 0.15) is 0 Å². The van der Waals surface area contributed by atoms with Gasteiger partial charge in [-0.15, -0.1) is 0 Å². The van der Waals surface area contributed by atoms with Crippen molar-refractivity contribution in [3.63, 3.8) is 0 Å². The van der Waals surface area contributed by atoms with Crippen molar-refractivity contribution in [2.24, 2.45) is 10.9 Å². The molecule has 0 bridgehead atoms. The van der Waals surface area contributed by atoms with Gasteiger partial charge in [0, 0.05) is 5.71 Å². The number of carbonyl (C=O) groups excluding carboxylic acids is 3. The molecule has 6 nitrogen and oxygen atoms in total. The Hall–Kier alpha value is -2.07. The van der Waals surface area contributed by atoms with E-state index in [9.17, 15) is 36.3 Å². The summed E-state index contributed by atoms with van der Waals surface area (Å²) in [5, 5.41) is 0. The molecule has 1 aliphatic carbocycles. The van der Waals surface area contributed by atoms with Gasteiger partial charge in [0.2, 0.25) is 5.78 Å². The molecule has 0 spiro atoms. The number of methoxy groups -OCH3 is 2. The molecule has 1 aliphatic rings. The lowest BCUT2D eigenvalue weighted by Crippen LogP contribution is -2.51. The number of Topliss-reactive ketones (excluding diaryl/α,β-unsaturated/α-hetero) is 1. The van der Waals surface area contributed by atoms with Crippen molar-refractivity contribution in [1.29, 1.82) is 0 Å². The van der Waals surface area contributed by atoms with E-state index < -0.39 is 53.9 Å². The minimum absolute atomic E-state index is 0.455. The summed E-state index contributed by atoms with van der Waals surface area (Å²) in [6.07, 6.45) is -6.11.